The molecule has 1 N–H and O–H groups in total. The average Bonchev–Trinajstić information content (AvgIpc) is 2.77. The normalized spacial score (nSPS) is 20.5. The van der Waals surface area contributed by atoms with Crippen molar-refractivity contribution in [2.75, 3.05) is 7.11 Å². The van der Waals surface area contributed by atoms with Crippen LogP contribution >= 0.6 is 11.6 Å². The van der Waals surface area contributed by atoms with E-state index in [0.717, 1.165) is 5.56 Å². The van der Waals surface area contributed by atoms with Gasteiger partial charge in [-0.05, 0) is 36.5 Å². The Kier molecular flexibility index (Phi) is 5.84. The molecule has 0 saturated heterocycles. The molecule has 8 heteroatoms. The van der Waals surface area contributed by atoms with Crippen LogP contribution in [-0.2, 0) is 14.3 Å². The lowest BCUT2D eigenvalue weighted by molar-refractivity contribution is -0.384. The highest BCUT2D eigenvalue weighted by Gasteiger charge is 2.41. The number of Topliss-reactive ketones (excluding diaryl/α,β-unsaturated/α-hetero) is 1. The number of esters is 1. The van der Waals surface area contributed by atoms with Crippen molar-refractivity contribution >= 4 is 29.0 Å². The number of dihydropyridines is 1. The maximum absolute atomic E-state index is 13.4. The van der Waals surface area contributed by atoms with Gasteiger partial charge in [-0.2, -0.15) is 0 Å². The number of nitrogens with one attached hydrogen (secondary N) is 1. The first-order chi connectivity index (χ1) is 15.3. The Morgan fingerprint density at radius 3 is 2.62 bits per heavy atom. The molecule has 0 saturated carbocycles. The highest BCUT2D eigenvalue weighted by Crippen LogP contribution is 2.46. The van der Waals surface area contributed by atoms with Crippen LogP contribution in [0.2, 0.25) is 5.02 Å². The third-order valence-electron chi connectivity index (χ3n) is 5.99. The first-order valence-corrected chi connectivity index (χ1v) is 10.5. The van der Waals surface area contributed by atoms with Crippen molar-refractivity contribution < 1.29 is 19.2 Å². The molecule has 2 aromatic rings. The highest BCUT2D eigenvalue weighted by molar-refractivity contribution is 6.31. The first kappa shape index (κ1) is 21.8. The zero-order valence-electron chi connectivity index (χ0n) is 17.6. The van der Waals surface area contributed by atoms with Crippen molar-refractivity contribution in [1.29, 1.82) is 0 Å². The lowest BCUT2D eigenvalue weighted by atomic mass is 9.71. The standard InChI is InChI=1S/C24H21ClN2O5/c1-13-21(24(29)32-2)22(14-6-5-7-16(10-14)27(30)31)23-19(26-13)11-15(12-20(23)28)17-8-3-4-9-18(17)25/h3-10,15,22,26H,11-12H2,1-2H3/t15-,22-/m0/s1. The van der Waals surface area contributed by atoms with E-state index in [1.165, 1.54) is 19.2 Å². The number of ketones is 1. The number of hydrogen-bond acceptors (Lipinski definition) is 6. The van der Waals surface area contributed by atoms with Crippen LogP contribution in [0.15, 0.2) is 71.1 Å². The molecule has 7 nitrogen and oxygen atoms in total. The Labute approximate surface area is 189 Å². The van der Waals surface area contributed by atoms with E-state index >= 15 is 0 Å². The van der Waals surface area contributed by atoms with Crippen molar-refractivity contribution in [3.05, 3.63) is 97.3 Å². The minimum Gasteiger partial charge on any atom is -0.466 e. The smallest absolute Gasteiger partial charge is 0.336 e. The number of methoxy groups -OCH3 is 1. The average molecular weight is 453 g/mol. The van der Waals surface area contributed by atoms with Crippen LogP contribution in [0.3, 0.4) is 0 Å². The molecule has 164 valence electrons. The maximum Gasteiger partial charge on any atom is 0.336 e. The quantitative estimate of drug-likeness (QED) is 0.407. The topological polar surface area (TPSA) is 98.5 Å². The molecule has 0 aromatic heterocycles. The summed E-state index contributed by atoms with van der Waals surface area (Å²) in [6, 6.07) is 13.5. The fourth-order valence-corrected chi connectivity index (χ4v) is 4.89. The minimum absolute atomic E-state index is 0.109. The minimum atomic E-state index is -0.752. The summed E-state index contributed by atoms with van der Waals surface area (Å²) >= 11 is 6.38. The SMILES string of the molecule is COC(=O)C1=C(C)NC2=C(C(=O)C[C@@H](c3ccccc3Cl)C2)[C@H]1c1cccc([N+](=O)[O-])c1. The molecule has 0 fully saturated rings. The summed E-state index contributed by atoms with van der Waals surface area (Å²) in [6.45, 7) is 1.74. The van der Waals surface area contributed by atoms with E-state index in [0.29, 0.717) is 34.0 Å². The molecule has 0 radical (unpaired) electrons. The van der Waals surface area contributed by atoms with Gasteiger partial charge in [-0.25, -0.2) is 4.79 Å². The van der Waals surface area contributed by atoms with Gasteiger partial charge in [0.25, 0.3) is 5.69 Å². The Hall–Kier alpha value is -3.45. The van der Waals surface area contributed by atoms with Gasteiger partial charge in [-0.3, -0.25) is 14.9 Å². The largest absolute Gasteiger partial charge is 0.466 e. The number of nitro groups is 1. The van der Waals surface area contributed by atoms with E-state index in [1.807, 2.05) is 18.2 Å². The molecule has 2 aliphatic rings. The zero-order valence-corrected chi connectivity index (χ0v) is 18.3. The monoisotopic (exact) mass is 452 g/mol. The number of nitrogens with zero attached hydrogens (tertiary/aromatic N) is 1. The lowest BCUT2D eigenvalue weighted by Gasteiger charge is -2.36. The van der Waals surface area contributed by atoms with Gasteiger partial charge in [0, 0.05) is 46.5 Å². The predicted octanol–water partition coefficient (Wildman–Crippen LogP) is 4.78. The lowest BCUT2D eigenvalue weighted by Crippen LogP contribution is -2.36. The van der Waals surface area contributed by atoms with Gasteiger partial charge in [0.2, 0.25) is 0 Å². The van der Waals surface area contributed by atoms with Gasteiger partial charge in [-0.1, -0.05) is 41.9 Å². The van der Waals surface area contributed by atoms with Crippen LogP contribution in [0, 0.1) is 10.1 Å². The maximum atomic E-state index is 13.4. The Morgan fingerprint density at radius 1 is 1.19 bits per heavy atom. The van der Waals surface area contributed by atoms with Crippen LogP contribution in [0.25, 0.3) is 0 Å². The van der Waals surface area contributed by atoms with Crippen LogP contribution < -0.4 is 5.32 Å². The number of non-ortho nitro benzene ring substituents is 1. The van der Waals surface area contributed by atoms with Crippen molar-refractivity contribution in [3.8, 4) is 0 Å². The summed E-state index contributed by atoms with van der Waals surface area (Å²) in [5.74, 6) is -1.58. The molecule has 32 heavy (non-hydrogen) atoms. The van der Waals surface area contributed by atoms with E-state index in [2.05, 4.69) is 5.32 Å². The molecule has 1 aliphatic carbocycles. The number of benzene rings is 2. The van der Waals surface area contributed by atoms with Crippen molar-refractivity contribution in [2.45, 2.75) is 31.6 Å². The molecule has 1 heterocycles. The fourth-order valence-electron chi connectivity index (χ4n) is 4.60. The van der Waals surface area contributed by atoms with Gasteiger partial charge in [0.1, 0.15) is 0 Å². The summed E-state index contributed by atoms with van der Waals surface area (Å²) in [5, 5.41) is 15.2. The zero-order chi connectivity index (χ0) is 23.0. The molecular weight excluding hydrogens is 432 g/mol. The Morgan fingerprint density at radius 2 is 1.94 bits per heavy atom. The van der Waals surface area contributed by atoms with Crippen LogP contribution in [0.1, 0.15) is 42.7 Å². The van der Waals surface area contributed by atoms with Crippen molar-refractivity contribution in [2.24, 2.45) is 0 Å². The van der Waals surface area contributed by atoms with Crippen molar-refractivity contribution in [3.63, 3.8) is 0 Å². The fraction of sp³-hybridized carbons (Fsp3) is 0.250. The molecule has 0 unspecified atom stereocenters. The number of halogens is 1. The molecule has 1 aliphatic heterocycles. The Balaban J connectivity index is 1.85. The summed E-state index contributed by atoms with van der Waals surface area (Å²) in [7, 11) is 1.27. The van der Waals surface area contributed by atoms with E-state index in [4.69, 9.17) is 16.3 Å². The molecule has 0 bridgehead atoms. The summed E-state index contributed by atoms with van der Waals surface area (Å²) in [6.07, 6.45) is 0.755. The van der Waals surface area contributed by atoms with Crippen molar-refractivity contribution in [1.82, 2.24) is 5.32 Å². The molecular formula is C24H21ClN2O5. The van der Waals surface area contributed by atoms with Crippen LogP contribution in [0.5, 0.6) is 0 Å². The third-order valence-corrected chi connectivity index (χ3v) is 6.34. The number of carbonyl (C=O) groups excluding carboxylic acids is 2. The second-order valence-corrected chi connectivity index (χ2v) is 8.29. The number of rotatable bonds is 4. The third kappa shape index (κ3) is 3.80. The number of carbonyl (C=O) groups is 2. The number of ether oxygens (including phenoxy) is 1. The van der Waals surface area contributed by atoms with Crippen LogP contribution in [0.4, 0.5) is 5.69 Å². The number of hydrogen-bond donors (Lipinski definition) is 1. The van der Waals surface area contributed by atoms with Gasteiger partial charge < -0.3 is 10.1 Å². The second kappa shape index (κ2) is 8.59. The van der Waals surface area contributed by atoms with Gasteiger partial charge >= 0.3 is 5.97 Å². The molecule has 2 aromatic carbocycles. The first-order valence-electron chi connectivity index (χ1n) is 10.1. The van der Waals surface area contributed by atoms with E-state index < -0.39 is 16.8 Å². The molecule has 4 rings (SSSR count). The van der Waals surface area contributed by atoms with Gasteiger partial charge in [0.15, 0.2) is 5.78 Å². The van der Waals surface area contributed by atoms with Gasteiger partial charge in [0.05, 0.1) is 17.6 Å². The molecule has 2 atom stereocenters. The Bertz CT molecular complexity index is 1200. The summed E-state index contributed by atoms with van der Waals surface area (Å²) in [4.78, 5) is 37.0. The van der Waals surface area contributed by atoms with Gasteiger partial charge in [-0.15, -0.1) is 0 Å². The van der Waals surface area contributed by atoms with E-state index in [9.17, 15) is 19.7 Å². The van der Waals surface area contributed by atoms with E-state index in [1.54, 1.807) is 25.1 Å². The number of allylic oxidation sites excluding steroid dienone is 3. The predicted molar refractivity (Wildman–Crippen MR) is 119 cm³/mol. The summed E-state index contributed by atoms with van der Waals surface area (Å²) in [5.41, 5.74) is 3.26. The molecule has 0 spiro atoms. The molecule has 0 amide bonds. The number of nitro benzene ring substituents is 1. The van der Waals surface area contributed by atoms with Crippen LogP contribution in [-0.4, -0.2) is 23.8 Å². The summed E-state index contributed by atoms with van der Waals surface area (Å²) < 4.78 is 4.99. The van der Waals surface area contributed by atoms with E-state index in [-0.39, 0.29) is 29.4 Å². The highest BCUT2D eigenvalue weighted by atomic mass is 35.5. The second-order valence-electron chi connectivity index (χ2n) is 7.88.